The quantitative estimate of drug-likeness (QED) is 0.886. The molecule has 1 unspecified atom stereocenters. The van der Waals surface area contributed by atoms with Gasteiger partial charge in [0, 0.05) is 5.56 Å². The van der Waals surface area contributed by atoms with Crippen LogP contribution in [0.15, 0.2) is 54.6 Å². The van der Waals surface area contributed by atoms with E-state index in [1.54, 1.807) is 0 Å². The Morgan fingerprint density at radius 1 is 1.10 bits per heavy atom. The number of carbonyl (C=O) groups is 1. The Morgan fingerprint density at radius 2 is 1.71 bits per heavy atom. The third-order valence-corrected chi connectivity index (χ3v) is 3.76. The molecule has 21 heavy (non-hydrogen) atoms. The van der Waals surface area contributed by atoms with Crippen LogP contribution in [0.1, 0.15) is 35.3 Å². The Balaban J connectivity index is 2.28. The highest BCUT2D eigenvalue weighted by Crippen LogP contribution is 2.21. The topological polar surface area (TPSA) is 49.3 Å². The molecular formula is C18H21NO2. The number of benzene rings is 2. The van der Waals surface area contributed by atoms with Crippen molar-refractivity contribution in [3.8, 4) is 0 Å². The van der Waals surface area contributed by atoms with Crippen molar-refractivity contribution in [1.82, 2.24) is 5.32 Å². The molecule has 0 aliphatic heterocycles. The summed E-state index contributed by atoms with van der Waals surface area (Å²) in [4.78, 5) is 12.6. The van der Waals surface area contributed by atoms with E-state index in [1.807, 2.05) is 68.4 Å². The average molecular weight is 283 g/mol. The van der Waals surface area contributed by atoms with Crippen LogP contribution in [0, 0.1) is 0 Å². The van der Waals surface area contributed by atoms with Crippen LogP contribution >= 0.6 is 0 Å². The number of amides is 1. The van der Waals surface area contributed by atoms with Crippen molar-refractivity contribution in [2.75, 3.05) is 6.61 Å². The van der Waals surface area contributed by atoms with Gasteiger partial charge in [-0.05, 0) is 30.5 Å². The summed E-state index contributed by atoms with van der Waals surface area (Å²) < 4.78 is 0. The van der Waals surface area contributed by atoms with E-state index in [-0.39, 0.29) is 12.5 Å². The lowest BCUT2D eigenvalue weighted by Gasteiger charge is -2.29. The maximum atomic E-state index is 12.6. The van der Waals surface area contributed by atoms with E-state index >= 15 is 0 Å². The smallest absolute Gasteiger partial charge is 0.252 e. The second-order valence-electron chi connectivity index (χ2n) is 5.32. The second kappa shape index (κ2) is 6.55. The van der Waals surface area contributed by atoms with Gasteiger partial charge in [0.25, 0.3) is 5.91 Å². The largest absolute Gasteiger partial charge is 0.394 e. The van der Waals surface area contributed by atoms with E-state index in [9.17, 15) is 9.90 Å². The van der Waals surface area contributed by atoms with Gasteiger partial charge in [-0.2, -0.15) is 0 Å². The van der Waals surface area contributed by atoms with Crippen molar-refractivity contribution in [3.05, 3.63) is 71.3 Å². The Hall–Kier alpha value is -2.13. The lowest BCUT2D eigenvalue weighted by molar-refractivity contribution is 0.0848. The summed E-state index contributed by atoms with van der Waals surface area (Å²) in [6, 6.07) is 17.1. The first-order valence-electron chi connectivity index (χ1n) is 7.17. The number of aliphatic hydroxyl groups is 1. The van der Waals surface area contributed by atoms with Gasteiger partial charge in [-0.3, -0.25) is 4.79 Å². The van der Waals surface area contributed by atoms with E-state index in [2.05, 4.69) is 5.32 Å². The first kappa shape index (κ1) is 15.3. The molecule has 2 aromatic rings. The Labute approximate surface area is 125 Å². The number of carbonyl (C=O) groups excluding carboxylic acids is 1. The maximum absolute atomic E-state index is 12.6. The highest BCUT2D eigenvalue weighted by Gasteiger charge is 2.28. The van der Waals surface area contributed by atoms with Gasteiger partial charge >= 0.3 is 0 Å². The van der Waals surface area contributed by atoms with Gasteiger partial charge in [-0.25, -0.2) is 0 Å². The summed E-state index contributed by atoms with van der Waals surface area (Å²) >= 11 is 0. The fraction of sp³-hybridized carbons (Fsp3) is 0.278. The van der Waals surface area contributed by atoms with Crippen molar-refractivity contribution >= 4 is 5.91 Å². The highest BCUT2D eigenvalue weighted by atomic mass is 16.3. The van der Waals surface area contributed by atoms with E-state index in [1.165, 1.54) is 0 Å². The standard InChI is InChI=1S/C18H21NO2/c1-3-14-9-7-8-12-16(14)17(21)19-18(2,13-20)15-10-5-4-6-11-15/h4-12,20H,3,13H2,1-2H3,(H,19,21). The van der Waals surface area contributed by atoms with Gasteiger partial charge in [0.15, 0.2) is 0 Å². The molecule has 0 aliphatic carbocycles. The van der Waals surface area contributed by atoms with Gasteiger partial charge in [0.1, 0.15) is 0 Å². The first-order chi connectivity index (χ1) is 10.1. The first-order valence-corrected chi connectivity index (χ1v) is 7.17. The Bertz CT molecular complexity index is 610. The maximum Gasteiger partial charge on any atom is 0.252 e. The van der Waals surface area contributed by atoms with E-state index < -0.39 is 5.54 Å². The zero-order valence-electron chi connectivity index (χ0n) is 12.5. The monoisotopic (exact) mass is 283 g/mol. The van der Waals surface area contributed by atoms with Crippen molar-refractivity contribution in [3.63, 3.8) is 0 Å². The number of nitrogens with one attached hydrogen (secondary N) is 1. The van der Waals surface area contributed by atoms with Crippen LogP contribution < -0.4 is 5.32 Å². The Morgan fingerprint density at radius 3 is 2.33 bits per heavy atom. The van der Waals surface area contributed by atoms with Crippen LogP contribution in [0.25, 0.3) is 0 Å². The van der Waals surface area contributed by atoms with Crippen LogP contribution in [0.2, 0.25) is 0 Å². The number of hydrogen-bond acceptors (Lipinski definition) is 2. The molecule has 0 saturated heterocycles. The average Bonchev–Trinajstić information content (AvgIpc) is 2.55. The number of hydrogen-bond donors (Lipinski definition) is 2. The van der Waals surface area contributed by atoms with Gasteiger partial charge in [-0.15, -0.1) is 0 Å². The molecule has 0 aliphatic rings. The molecule has 0 bridgehead atoms. The van der Waals surface area contributed by atoms with Crippen molar-refractivity contribution in [1.29, 1.82) is 0 Å². The van der Waals surface area contributed by atoms with Gasteiger partial charge in [-0.1, -0.05) is 55.5 Å². The lowest BCUT2D eigenvalue weighted by Crippen LogP contribution is -2.46. The molecule has 3 heteroatoms. The SMILES string of the molecule is CCc1ccccc1C(=O)NC(C)(CO)c1ccccc1. The van der Waals surface area contributed by atoms with E-state index in [4.69, 9.17) is 0 Å². The molecule has 1 amide bonds. The Kier molecular flexibility index (Phi) is 4.76. The minimum atomic E-state index is -0.792. The van der Waals surface area contributed by atoms with E-state index in [0.29, 0.717) is 5.56 Å². The van der Waals surface area contributed by atoms with Gasteiger partial charge < -0.3 is 10.4 Å². The van der Waals surface area contributed by atoms with E-state index in [0.717, 1.165) is 17.5 Å². The van der Waals surface area contributed by atoms with Crippen LogP contribution in [-0.4, -0.2) is 17.6 Å². The summed E-state index contributed by atoms with van der Waals surface area (Å²) in [5.41, 5.74) is 1.76. The van der Waals surface area contributed by atoms with Crippen LogP contribution in [0.4, 0.5) is 0 Å². The third kappa shape index (κ3) is 3.31. The third-order valence-electron chi connectivity index (χ3n) is 3.76. The van der Waals surface area contributed by atoms with Crippen LogP contribution in [0.3, 0.4) is 0 Å². The molecule has 2 rings (SSSR count). The molecule has 1 atom stereocenters. The summed E-state index contributed by atoms with van der Waals surface area (Å²) in [7, 11) is 0. The lowest BCUT2D eigenvalue weighted by atomic mass is 9.92. The molecule has 2 aromatic carbocycles. The molecule has 0 heterocycles. The molecule has 0 radical (unpaired) electrons. The molecule has 3 nitrogen and oxygen atoms in total. The molecular weight excluding hydrogens is 262 g/mol. The minimum absolute atomic E-state index is 0.156. The summed E-state index contributed by atoms with van der Waals surface area (Å²) in [6.45, 7) is 3.69. The number of aliphatic hydroxyl groups excluding tert-OH is 1. The number of aryl methyl sites for hydroxylation is 1. The van der Waals surface area contributed by atoms with Crippen LogP contribution in [0.5, 0.6) is 0 Å². The van der Waals surface area contributed by atoms with Crippen molar-refractivity contribution in [2.24, 2.45) is 0 Å². The number of rotatable bonds is 5. The fourth-order valence-electron chi connectivity index (χ4n) is 2.38. The zero-order chi connectivity index (χ0) is 15.3. The van der Waals surface area contributed by atoms with Gasteiger partial charge in [0.2, 0.25) is 0 Å². The zero-order valence-corrected chi connectivity index (χ0v) is 12.5. The normalized spacial score (nSPS) is 13.5. The highest BCUT2D eigenvalue weighted by molar-refractivity contribution is 5.96. The summed E-state index contributed by atoms with van der Waals surface area (Å²) in [6.07, 6.45) is 0.796. The van der Waals surface area contributed by atoms with Crippen LogP contribution in [-0.2, 0) is 12.0 Å². The fourth-order valence-corrected chi connectivity index (χ4v) is 2.38. The molecule has 0 saturated carbocycles. The molecule has 110 valence electrons. The van der Waals surface area contributed by atoms with Gasteiger partial charge in [0.05, 0.1) is 12.1 Å². The van der Waals surface area contributed by atoms with Crippen molar-refractivity contribution < 1.29 is 9.90 Å². The molecule has 2 N–H and O–H groups in total. The predicted octanol–water partition coefficient (Wildman–Crippen LogP) is 2.89. The summed E-state index contributed by atoms with van der Waals surface area (Å²) in [5, 5.41) is 12.7. The second-order valence-corrected chi connectivity index (χ2v) is 5.32. The summed E-state index contributed by atoms with van der Waals surface area (Å²) in [5.74, 6) is -0.159. The molecule has 0 spiro atoms. The minimum Gasteiger partial charge on any atom is -0.394 e. The molecule has 0 fully saturated rings. The van der Waals surface area contributed by atoms with Crippen molar-refractivity contribution in [2.45, 2.75) is 25.8 Å². The predicted molar refractivity (Wildman–Crippen MR) is 84.2 cm³/mol. The molecule has 0 aromatic heterocycles.